The number of amides is 2. The Hall–Kier alpha value is -3.09. The summed E-state index contributed by atoms with van der Waals surface area (Å²) in [4.78, 5) is 36.1. The van der Waals surface area contributed by atoms with Crippen molar-refractivity contribution in [3.05, 3.63) is 53.0 Å². The van der Waals surface area contributed by atoms with Crippen LogP contribution in [0.25, 0.3) is 0 Å². The zero-order chi connectivity index (χ0) is 19.5. The van der Waals surface area contributed by atoms with Gasteiger partial charge in [0.15, 0.2) is 0 Å². The van der Waals surface area contributed by atoms with Gasteiger partial charge in [0.05, 0.1) is 23.1 Å². The zero-order valence-electron chi connectivity index (χ0n) is 15.2. The molecule has 0 radical (unpaired) electrons. The quantitative estimate of drug-likeness (QED) is 0.761. The number of carboxylic acids is 1. The second-order valence-electron chi connectivity index (χ2n) is 6.99. The summed E-state index contributed by atoms with van der Waals surface area (Å²) in [6, 6.07) is 6.62. The maximum atomic E-state index is 12.7. The molecular weight excluding hydrogens is 336 g/mol. The number of hydrogen-bond acceptors (Lipinski definition) is 4. The maximum Gasteiger partial charge on any atom is 0.311 e. The van der Waals surface area contributed by atoms with Gasteiger partial charge in [-0.05, 0) is 39.8 Å². The second-order valence-corrected chi connectivity index (χ2v) is 6.99. The van der Waals surface area contributed by atoms with Gasteiger partial charge in [0.2, 0.25) is 0 Å². The number of benzene rings is 1. The molecule has 7 nitrogen and oxygen atoms in total. The summed E-state index contributed by atoms with van der Waals surface area (Å²) in [5.41, 5.74) is 0.913. The molecule has 7 heteroatoms. The molecule has 1 aromatic carbocycles. The van der Waals surface area contributed by atoms with Gasteiger partial charge in [0.1, 0.15) is 12.2 Å². The van der Waals surface area contributed by atoms with Crippen molar-refractivity contribution in [1.82, 2.24) is 5.32 Å². The number of aryl methyl sites for hydroxylation is 1. The van der Waals surface area contributed by atoms with Crippen molar-refractivity contribution in [3.8, 4) is 0 Å². The van der Waals surface area contributed by atoms with Gasteiger partial charge in [0.25, 0.3) is 11.8 Å². The summed E-state index contributed by atoms with van der Waals surface area (Å²) in [5.74, 6) is -1.87. The van der Waals surface area contributed by atoms with Crippen LogP contribution in [-0.4, -0.2) is 28.4 Å². The molecular formula is C19H22N2O5. The van der Waals surface area contributed by atoms with E-state index in [-0.39, 0.29) is 17.2 Å². The molecule has 26 heavy (non-hydrogen) atoms. The van der Waals surface area contributed by atoms with Crippen molar-refractivity contribution >= 4 is 23.5 Å². The van der Waals surface area contributed by atoms with E-state index in [2.05, 4.69) is 10.6 Å². The van der Waals surface area contributed by atoms with Crippen molar-refractivity contribution in [2.24, 2.45) is 0 Å². The molecule has 0 unspecified atom stereocenters. The number of furan rings is 1. The number of hydrogen-bond donors (Lipinski definition) is 3. The lowest BCUT2D eigenvalue weighted by molar-refractivity contribution is -0.136. The lowest BCUT2D eigenvalue weighted by Gasteiger charge is -2.21. The Labute approximate surface area is 151 Å². The maximum absolute atomic E-state index is 12.7. The monoisotopic (exact) mass is 358 g/mol. The number of rotatable bonds is 5. The predicted octanol–water partition coefficient (Wildman–Crippen LogP) is 3.00. The van der Waals surface area contributed by atoms with E-state index in [1.807, 2.05) is 20.8 Å². The highest BCUT2D eigenvalue weighted by Crippen LogP contribution is 2.22. The zero-order valence-corrected chi connectivity index (χ0v) is 15.2. The molecule has 1 aromatic heterocycles. The number of para-hydroxylation sites is 1. The first kappa shape index (κ1) is 19.2. The van der Waals surface area contributed by atoms with Crippen molar-refractivity contribution in [2.75, 3.05) is 5.32 Å². The van der Waals surface area contributed by atoms with E-state index < -0.39 is 23.8 Å². The fraction of sp³-hybridized carbons (Fsp3) is 0.316. The Balaban J connectivity index is 2.30. The van der Waals surface area contributed by atoms with Gasteiger partial charge in [0, 0.05) is 11.1 Å². The van der Waals surface area contributed by atoms with Crippen molar-refractivity contribution < 1.29 is 23.9 Å². The Kier molecular flexibility index (Phi) is 5.50. The van der Waals surface area contributed by atoms with E-state index >= 15 is 0 Å². The molecule has 0 spiro atoms. The van der Waals surface area contributed by atoms with Gasteiger partial charge < -0.3 is 20.2 Å². The molecule has 138 valence electrons. The van der Waals surface area contributed by atoms with E-state index in [1.54, 1.807) is 31.2 Å². The fourth-order valence-corrected chi connectivity index (χ4v) is 2.45. The summed E-state index contributed by atoms with van der Waals surface area (Å²) in [7, 11) is 0. The van der Waals surface area contributed by atoms with Gasteiger partial charge in [-0.3, -0.25) is 14.4 Å². The minimum atomic E-state index is -1.10. The highest BCUT2D eigenvalue weighted by Gasteiger charge is 2.23. The first-order chi connectivity index (χ1) is 12.1. The molecule has 0 saturated carbocycles. The summed E-state index contributed by atoms with van der Waals surface area (Å²) in [6.07, 6.45) is 0.939. The van der Waals surface area contributed by atoms with Gasteiger partial charge in [-0.25, -0.2) is 0 Å². The smallest absolute Gasteiger partial charge is 0.311 e. The highest BCUT2D eigenvalue weighted by atomic mass is 16.4. The molecule has 2 aromatic rings. The predicted molar refractivity (Wildman–Crippen MR) is 96.4 cm³/mol. The van der Waals surface area contributed by atoms with Gasteiger partial charge in [-0.2, -0.15) is 0 Å². The molecule has 0 aliphatic rings. The molecule has 1 heterocycles. The van der Waals surface area contributed by atoms with Crippen molar-refractivity contribution in [2.45, 2.75) is 39.7 Å². The molecule has 0 aliphatic heterocycles. The van der Waals surface area contributed by atoms with Crippen LogP contribution < -0.4 is 10.6 Å². The number of carbonyl (C=O) groups excluding carboxylic acids is 2. The van der Waals surface area contributed by atoms with Crippen LogP contribution in [0.15, 0.2) is 34.9 Å². The van der Waals surface area contributed by atoms with E-state index in [1.165, 1.54) is 6.26 Å². The Bertz CT molecular complexity index is 846. The van der Waals surface area contributed by atoms with Crippen LogP contribution in [-0.2, 0) is 11.2 Å². The van der Waals surface area contributed by atoms with E-state index in [0.29, 0.717) is 16.8 Å². The van der Waals surface area contributed by atoms with Crippen LogP contribution in [0.4, 0.5) is 5.69 Å². The summed E-state index contributed by atoms with van der Waals surface area (Å²) >= 11 is 0. The molecule has 2 amide bonds. The van der Waals surface area contributed by atoms with E-state index in [9.17, 15) is 14.4 Å². The molecule has 2 rings (SSSR count). The number of carboxylic acid groups (broad SMARTS) is 1. The molecule has 0 fully saturated rings. The molecule has 0 atom stereocenters. The average Bonchev–Trinajstić information content (AvgIpc) is 2.86. The van der Waals surface area contributed by atoms with E-state index in [0.717, 1.165) is 0 Å². The fourth-order valence-electron chi connectivity index (χ4n) is 2.45. The van der Waals surface area contributed by atoms with E-state index in [4.69, 9.17) is 9.52 Å². The standard InChI is InChI=1S/C19H22N2O5/c1-11-10-26-14(9-15(22)23)16(11)18(25)20-13-8-6-5-7-12(13)17(24)21-19(2,3)4/h5-8,10H,9H2,1-4H3,(H,20,25)(H,21,24)(H,22,23). The third-order valence-corrected chi connectivity index (χ3v) is 3.50. The summed E-state index contributed by atoms with van der Waals surface area (Å²) in [5, 5.41) is 14.5. The minimum Gasteiger partial charge on any atom is -0.481 e. The Morgan fingerprint density at radius 2 is 1.77 bits per heavy atom. The molecule has 3 N–H and O–H groups in total. The van der Waals surface area contributed by atoms with Crippen LogP contribution >= 0.6 is 0 Å². The largest absolute Gasteiger partial charge is 0.481 e. The van der Waals surface area contributed by atoms with Crippen LogP contribution in [0.5, 0.6) is 0 Å². The highest BCUT2D eigenvalue weighted by molar-refractivity contribution is 6.10. The van der Waals surface area contributed by atoms with Gasteiger partial charge in [-0.15, -0.1) is 0 Å². The third kappa shape index (κ3) is 4.72. The molecule has 0 saturated heterocycles. The van der Waals surface area contributed by atoms with Crippen LogP contribution in [0, 0.1) is 6.92 Å². The van der Waals surface area contributed by atoms with Crippen molar-refractivity contribution in [3.63, 3.8) is 0 Å². The number of aliphatic carboxylic acids is 1. The normalized spacial score (nSPS) is 11.1. The first-order valence-corrected chi connectivity index (χ1v) is 8.10. The number of anilines is 1. The summed E-state index contributed by atoms with van der Waals surface area (Å²) < 4.78 is 5.19. The minimum absolute atomic E-state index is 0.0733. The topological polar surface area (TPSA) is 109 Å². The first-order valence-electron chi connectivity index (χ1n) is 8.10. The van der Waals surface area contributed by atoms with Gasteiger partial charge in [-0.1, -0.05) is 12.1 Å². The lowest BCUT2D eigenvalue weighted by atomic mass is 10.1. The second kappa shape index (κ2) is 7.43. The summed E-state index contributed by atoms with van der Waals surface area (Å²) in [6.45, 7) is 7.24. The average molecular weight is 358 g/mol. The van der Waals surface area contributed by atoms with Crippen LogP contribution in [0.1, 0.15) is 52.8 Å². The Morgan fingerprint density at radius 1 is 1.12 bits per heavy atom. The van der Waals surface area contributed by atoms with Crippen molar-refractivity contribution in [1.29, 1.82) is 0 Å². The SMILES string of the molecule is Cc1coc(CC(=O)O)c1C(=O)Nc1ccccc1C(=O)NC(C)(C)C. The molecule has 0 bridgehead atoms. The Morgan fingerprint density at radius 3 is 2.38 bits per heavy atom. The van der Waals surface area contributed by atoms with Crippen LogP contribution in [0.3, 0.4) is 0 Å². The third-order valence-electron chi connectivity index (χ3n) is 3.50. The lowest BCUT2D eigenvalue weighted by Crippen LogP contribution is -2.40. The number of carbonyl (C=O) groups is 3. The number of nitrogens with one attached hydrogen (secondary N) is 2. The molecule has 0 aliphatic carbocycles. The van der Waals surface area contributed by atoms with Gasteiger partial charge >= 0.3 is 5.97 Å². The van der Waals surface area contributed by atoms with Crippen LogP contribution in [0.2, 0.25) is 0 Å².